The number of rotatable bonds is 3. The monoisotopic (exact) mass is 282 g/mol. The number of para-hydroxylation sites is 1. The van der Waals surface area contributed by atoms with Gasteiger partial charge in [0.15, 0.2) is 0 Å². The van der Waals surface area contributed by atoms with Gasteiger partial charge in [-0.15, -0.1) is 0 Å². The normalized spacial score (nSPS) is 25.4. The Morgan fingerprint density at radius 3 is 2.84 bits per heavy atom. The lowest BCUT2D eigenvalue weighted by atomic mass is 10.0. The fourth-order valence-corrected chi connectivity index (χ4v) is 3.69. The van der Waals surface area contributed by atoms with Crippen LogP contribution in [0.1, 0.15) is 32.4 Å². The van der Waals surface area contributed by atoms with Gasteiger partial charge in [0.2, 0.25) is 0 Å². The molecular weight excluding hydrogens is 259 g/mol. The molecule has 0 radical (unpaired) electrons. The van der Waals surface area contributed by atoms with Gasteiger partial charge < -0.3 is 10.2 Å². The quantitative estimate of drug-likeness (QED) is 0.914. The molecule has 1 saturated heterocycles. The number of benzene rings is 1. The third-order valence-corrected chi connectivity index (χ3v) is 5.43. The molecule has 2 nitrogen and oxygen atoms in total. The lowest BCUT2D eigenvalue weighted by Gasteiger charge is -2.40. The largest absolute Gasteiger partial charge is 0.364 e. The van der Waals surface area contributed by atoms with Crippen LogP contribution in [-0.4, -0.2) is 30.6 Å². The van der Waals surface area contributed by atoms with Crippen molar-refractivity contribution in [3.05, 3.63) is 29.6 Å². The van der Waals surface area contributed by atoms with Crippen molar-refractivity contribution in [1.29, 1.82) is 0 Å². The summed E-state index contributed by atoms with van der Waals surface area (Å²) in [5.74, 6) is 0.957. The van der Waals surface area contributed by atoms with E-state index in [4.69, 9.17) is 0 Å². The summed E-state index contributed by atoms with van der Waals surface area (Å²) in [5.41, 5.74) is 1.83. The number of anilines is 1. The average molecular weight is 282 g/mol. The molecule has 0 spiro atoms. The number of nitrogens with one attached hydrogen (secondary N) is 1. The van der Waals surface area contributed by atoms with Gasteiger partial charge in [0.05, 0.1) is 5.69 Å². The lowest BCUT2D eigenvalue weighted by molar-refractivity contribution is 0.566. The Hall–Kier alpha value is -0.740. The van der Waals surface area contributed by atoms with E-state index in [0.717, 1.165) is 23.5 Å². The van der Waals surface area contributed by atoms with Crippen LogP contribution in [0.5, 0.6) is 0 Å². The van der Waals surface area contributed by atoms with Crippen molar-refractivity contribution in [2.24, 2.45) is 0 Å². The maximum absolute atomic E-state index is 14.4. The van der Waals surface area contributed by atoms with Crippen LogP contribution in [0.25, 0.3) is 0 Å². The van der Waals surface area contributed by atoms with Gasteiger partial charge in [-0.3, -0.25) is 0 Å². The second-order valence-corrected chi connectivity index (χ2v) is 6.68. The van der Waals surface area contributed by atoms with Crippen LogP contribution in [0.2, 0.25) is 0 Å². The predicted octanol–water partition coefficient (Wildman–Crippen LogP) is 3.44. The first-order valence-corrected chi connectivity index (χ1v) is 7.95. The highest BCUT2D eigenvalue weighted by Gasteiger charge is 2.29. The zero-order valence-corrected chi connectivity index (χ0v) is 12.9. The lowest BCUT2D eigenvalue weighted by Crippen LogP contribution is -2.45. The molecule has 2 rings (SSSR count). The molecule has 1 aliphatic rings. The first kappa shape index (κ1) is 14.7. The Balaban J connectivity index is 2.42. The second-order valence-electron chi connectivity index (χ2n) is 5.20. The van der Waals surface area contributed by atoms with Crippen LogP contribution in [0.15, 0.2) is 18.2 Å². The summed E-state index contributed by atoms with van der Waals surface area (Å²) in [7, 11) is 1.91. The van der Waals surface area contributed by atoms with Crippen molar-refractivity contribution in [2.75, 3.05) is 24.2 Å². The molecule has 1 fully saturated rings. The first-order valence-electron chi connectivity index (χ1n) is 6.90. The van der Waals surface area contributed by atoms with E-state index >= 15 is 0 Å². The molecule has 3 atom stereocenters. The molecule has 0 amide bonds. The van der Waals surface area contributed by atoms with E-state index in [-0.39, 0.29) is 11.9 Å². The Morgan fingerprint density at radius 2 is 2.16 bits per heavy atom. The van der Waals surface area contributed by atoms with Crippen LogP contribution >= 0.6 is 11.8 Å². The van der Waals surface area contributed by atoms with Crippen molar-refractivity contribution < 1.29 is 4.39 Å². The van der Waals surface area contributed by atoms with Gasteiger partial charge in [0.25, 0.3) is 0 Å². The van der Waals surface area contributed by atoms with Gasteiger partial charge in [0.1, 0.15) is 5.82 Å². The summed E-state index contributed by atoms with van der Waals surface area (Å²) in [4.78, 5) is 2.24. The van der Waals surface area contributed by atoms with Crippen LogP contribution < -0.4 is 10.2 Å². The smallest absolute Gasteiger partial charge is 0.146 e. The van der Waals surface area contributed by atoms with E-state index in [1.54, 1.807) is 12.1 Å². The van der Waals surface area contributed by atoms with E-state index < -0.39 is 0 Å². The second kappa shape index (κ2) is 6.14. The Kier molecular flexibility index (Phi) is 4.74. The fourth-order valence-electron chi connectivity index (χ4n) is 2.59. The number of hydrogen-bond acceptors (Lipinski definition) is 3. The van der Waals surface area contributed by atoms with E-state index in [9.17, 15) is 4.39 Å². The maximum Gasteiger partial charge on any atom is 0.146 e. The molecule has 1 heterocycles. The molecule has 4 heteroatoms. The number of thioether (sulfide) groups is 1. The summed E-state index contributed by atoms with van der Waals surface area (Å²) in [6, 6.07) is 5.91. The van der Waals surface area contributed by atoms with Crippen molar-refractivity contribution in [3.8, 4) is 0 Å². The summed E-state index contributed by atoms with van der Waals surface area (Å²) in [5, 5.41) is 3.75. The molecular formula is C15H23FN2S. The molecule has 1 N–H and O–H groups in total. The highest BCUT2D eigenvalue weighted by Crippen LogP contribution is 2.35. The molecule has 0 aromatic heterocycles. The molecule has 1 aliphatic heterocycles. The number of nitrogens with zero attached hydrogens (tertiary/aromatic N) is 1. The van der Waals surface area contributed by atoms with Gasteiger partial charge in [-0.2, -0.15) is 11.8 Å². The topological polar surface area (TPSA) is 15.3 Å². The first-order chi connectivity index (χ1) is 9.06. The molecule has 0 saturated carbocycles. The van der Waals surface area contributed by atoms with Crippen LogP contribution in [0, 0.1) is 5.82 Å². The molecule has 19 heavy (non-hydrogen) atoms. The maximum atomic E-state index is 14.4. The van der Waals surface area contributed by atoms with E-state index in [0.29, 0.717) is 11.3 Å². The van der Waals surface area contributed by atoms with Crippen molar-refractivity contribution in [2.45, 2.75) is 38.1 Å². The number of hydrogen-bond donors (Lipinski definition) is 1. The van der Waals surface area contributed by atoms with Crippen molar-refractivity contribution in [3.63, 3.8) is 0 Å². The summed E-state index contributed by atoms with van der Waals surface area (Å²) >= 11 is 1.97. The third kappa shape index (κ3) is 2.90. The van der Waals surface area contributed by atoms with Crippen LogP contribution in [0.4, 0.5) is 10.1 Å². The standard InChI is InChI=1S/C15H23FN2S/c1-10(17-4)13-6-5-7-14(16)15(13)18-8-9-19-12(3)11(18)2/h5-7,10-12,17H,8-9H2,1-4H3. The van der Waals surface area contributed by atoms with Crippen LogP contribution in [-0.2, 0) is 0 Å². The molecule has 3 unspecified atom stereocenters. The Morgan fingerprint density at radius 1 is 1.42 bits per heavy atom. The van der Waals surface area contributed by atoms with Gasteiger partial charge >= 0.3 is 0 Å². The molecule has 1 aromatic carbocycles. The van der Waals surface area contributed by atoms with Gasteiger partial charge in [0, 0.05) is 29.6 Å². The minimum Gasteiger partial charge on any atom is -0.364 e. The van der Waals surface area contributed by atoms with Gasteiger partial charge in [-0.05, 0) is 32.5 Å². The zero-order chi connectivity index (χ0) is 14.0. The minimum atomic E-state index is -0.106. The molecule has 106 valence electrons. The molecule has 0 aliphatic carbocycles. The summed E-state index contributed by atoms with van der Waals surface area (Å²) in [6.45, 7) is 7.41. The van der Waals surface area contributed by atoms with Gasteiger partial charge in [-0.25, -0.2) is 4.39 Å². The summed E-state index contributed by atoms with van der Waals surface area (Å²) in [6.07, 6.45) is 0. The Labute approximate surface area is 119 Å². The third-order valence-electron chi connectivity index (χ3n) is 4.09. The zero-order valence-electron chi connectivity index (χ0n) is 12.1. The van der Waals surface area contributed by atoms with Crippen molar-refractivity contribution >= 4 is 17.4 Å². The van der Waals surface area contributed by atoms with E-state index in [2.05, 4.69) is 31.0 Å². The number of halogens is 1. The van der Waals surface area contributed by atoms with E-state index in [1.807, 2.05) is 24.9 Å². The van der Waals surface area contributed by atoms with Crippen LogP contribution in [0.3, 0.4) is 0 Å². The SMILES string of the molecule is CNC(C)c1cccc(F)c1N1CCSC(C)C1C. The minimum absolute atomic E-state index is 0.106. The highest BCUT2D eigenvalue weighted by molar-refractivity contribution is 8.00. The summed E-state index contributed by atoms with van der Waals surface area (Å²) < 4.78 is 14.4. The van der Waals surface area contributed by atoms with Gasteiger partial charge in [-0.1, -0.05) is 19.1 Å². The molecule has 0 bridgehead atoms. The fraction of sp³-hybridized carbons (Fsp3) is 0.600. The predicted molar refractivity (Wildman–Crippen MR) is 82.6 cm³/mol. The highest BCUT2D eigenvalue weighted by atomic mass is 32.2. The Bertz CT molecular complexity index is 438. The molecule has 1 aromatic rings. The van der Waals surface area contributed by atoms with E-state index in [1.165, 1.54) is 0 Å². The van der Waals surface area contributed by atoms with Crippen molar-refractivity contribution in [1.82, 2.24) is 5.32 Å². The average Bonchev–Trinajstić information content (AvgIpc) is 2.41.